The highest BCUT2D eigenvalue weighted by Gasteiger charge is 2.11. The third kappa shape index (κ3) is 4.70. The SMILES string of the molecule is O=C(NCCCc1nc(-c2ccncc2)cs1)c1cc(F)ccc1Br. The van der Waals surface area contributed by atoms with Crippen molar-refractivity contribution in [1.82, 2.24) is 15.3 Å². The average Bonchev–Trinajstić information content (AvgIpc) is 3.10. The minimum absolute atomic E-state index is 0.289. The molecule has 0 fully saturated rings. The molecule has 2 heterocycles. The lowest BCUT2D eigenvalue weighted by Gasteiger charge is -2.06. The number of nitrogens with zero attached hydrogens (tertiary/aromatic N) is 2. The fraction of sp³-hybridized carbons (Fsp3) is 0.167. The Labute approximate surface area is 157 Å². The fourth-order valence-corrected chi connectivity index (χ4v) is 3.57. The van der Waals surface area contributed by atoms with Gasteiger partial charge in [-0.2, -0.15) is 0 Å². The van der Waals surface area contributed by atoms with E-state index in [0.29, 0.717) is 16.6 Å². The van der Waals surface area contributed by atoms with Crippen molar-refractivity contribution in [2.45, 2.75) is 12.8 Å². The van der Waals surface area contributed by atoms with Crippen molar-refractivity contribution in [2.75, 3.05) is 6.54 Å². The number of aromatic nitrogens is 2. The third-order valence-corrected chi connectivity index (χ3v) is 5.15. The number of hydrogen-bond acceptors (Lipinski definition) is 4. The largest absolute Gasteiger partial charge is 0.352 e. The molecule has 3 rings (SSSR count). The molecule has 0 radical (unpaired) electrons. The molecule has 3 aromatic rings. The molecule has 25 heavy (non-hydrogen) atoms. The summed E-state index contributed by atoms with van der Waals surface area (Å²) in [6.07, 6.45) is 5.03. The van der Waals surface area contributed by atoms with Crippen LogP contribution in [0.4, 0.5) is 4.39 Å². The van der Waals surface area contributed by atoms with Gasteiger partial charge < -0.3 is 5.32 Å². The van der Waals surface area contributed by atoms with Crippen LogP contribution < -0.4 is 5.32 Å². The molecule has 0 unspecified atom stereocenters. The Morgan fingerprint density at radius 3 is 2.84 bits per heavy atom. The third-order valence-electron chi connectivity index (χ3n) is 3.55. The Kier molecular flexibility index (Phi) is 5.88. The number of pyridine rings is 1. The van der Waals surface area contributed by atoms with E-state index >= 15 is 0 Å². The molecule has 2 aromatic heterocycles. The molecule has 0 saturated heterocycles. The van der Waals surface area contributed by atoms with Gasteiger partial charge in [-0.25, -0.2) is 9.37 Å². The lowest BCUT2D eigenvalue weighted by Crippen LogP contribution is -2.25. The molecule has 4 nitrogen and oxygen atoms in total. The smallest absolute Gasteiger partial charge is 0.252 e. The first kappa shape index (κ1) is 17.7. The minimum Gasteiger partial charge on any atom is -0.352 e. The standard InChI is InChI=1S/C18H15BrFN3OS/c19-15-4-3-13(20)10-14(15)18(24)22-7-1-2-17-23-16(11-25-17)12-5-8-21-9-6-12/h3-6,8-11H,1-2,7H2,(H,22,24). The van der Waals surface area contributed by atoms with E-state index in [1.54, 1.807) is 23.7 Å². The van der Waals surface area contributed by atoms with Crippen molar-refractivity contribution in [3.8, 4) is 11.3 Å². The van der Waals surface area contributed by atoms with E-state index in [2.05, 4.69) is 31.2 Å². The normalized spacial score (nSPS) is 10.6. The van der Waals surface area contributed by atoms with Gasteiger partial charge in [0.25, 0.3) is 5.91 Å². The Morgan fingerprint density at radius 2 is 2.04 bits per heavy atom. The molecule has 128 valence electrons. The molecule has 0 aliphatic rings. The second-order valence-corrected chi connectivity index (χ2v) is 7.14. The first-order valence-electron chi connectivity index (χ1n) is 7.71. The van der Waals surface area contributed by atoms with Crippen molar-refractivity contribution in [3.05, 3.63) is 69.0 Å². The first-order chi connectivity index (χ1) is 12.1. The quantitative estimate of drug-likeness (QED) is 0.599. The predicted octanol–water partition coefficient (Wildman–Crippen LogP) is 4.47. The number of amides is 1. The van der Waals surface area contributed by atoms with Crippen molar-refractivity contribution < 1.29 is 9.18 Å². The van der Waals surface area contributed by atoms with E-state index in [0.717, 1.165) is 29.1 Å². The predicted molar refractivity (Wildman–Crippen MR) is 100 cm³/mol. The summed E-state index contributed by atoms with van der Waals surface area (Å²) in [5.74, 6) is -0.720. The van der Waals surface area contributed by atoms with E-state index in [9.17, 15) is 9.18 Å². The second kappa shape index (κ2) is 8.31. The van der Waals surface area contributed by atoms with Gasteiger partial charge in [0.1, 0.15) is 5.82 Å². The Hall–Kier alpha value is -2.12. The van der Waals surface area contributed by atoms with Crippen LogP contribution in [0.2, 0.25) is 0 Å². The van der Waals surface area contributed by atoms with Crippen LogP contribution in [-0.2, 0) is 6.42 Å². The lowest BCUT2D eigenvalue weighted by molar-refractivity contribution is 0.0952. The maximum Gasteiger partial charge on any atom is 0.252 e. The van der Waals surface area contributed by atoms with Crippen LogP contribution in [0.5, 0.6) is 0 Å². The summed E-state index contributed by atoms with van der Waals surface area (Å²) in [7, 11) is 0. The van der Waals surface area contributed by atoms with E-state index in [1.807, 2.05) is 17.5 Å². The van der Waals surface area contributed by atoms with E-state index in [4.69, 9.17) is 0 Å². The number of benzene rings is 1. The molecule has 7 heteroatoms. The summed E-state index contributed by atoms with van der Waals surface area (Å²) in [5.41, 5.74) is 2.28. The van der Waals surface area contributed by atoms with Crippen LogP contribution in [-0.4, -0.2) is 22.4 Å². The Morgan fingerprint density at radius 1 is 1.24 bits per heavy atom. The van der Waals surface area contributed by atoms with E-state index < -0.39 is 5.82 Å². The summed E-state index contributed by atoms with van der Waals surface area (Å²) >= 11 is 4.86. The maximum atomic E-state index is 13.2. The molecule has 0 saturated carbocycles. The first-order valence-corrected chi connectivity index (χ1v) is 9.39. The Balaban J connectivity index is 1.50. The summed E-state index contributed by atoms with van der Waals surface area (Å²) < 4.78 is 13.8. The molecular weight excluding hydrogens is 405 g/mol. The molecule has 0 aliphatic heterocycles. The highest BCUT2D eigenvalue weighted by molar-refractivity contribution is 9.10. The monoisotopic (exact) mass is 419 g/mol. The number of nitrogens with one attached hydrogen (secondary N) is 1. The molecule has 0 atom stereocenters. The number of carbonyl (C=O) groups is 1. The van der Waals surface area contributed by atoms with Crippen molar-refractivity contribution in [2.24, 2.45) is 0 Å². The van der Waals surface area contributed by atoms with Crippen molar-refractivity contribution in [3.63, 3.8) is 0 Å². The minimum atomic E-state index is -0.431. The second-order valence-electron chi connectivity index (χ2n) is 5.35. The topological polar surface area (TPSA) is 54.9 Å². The van der Waals surface area contributed by atoms with Crippen LogP contribution >= 0.6 is 27.3 Å². The van der Waals surface area contributed by atoms with Crippen LogP contribution in [0.25, 0.3) is 11.3 Å². The number of halogens is 2. The van der Waals surface area contributed by atoms with Crippen molar-refractivity contribution in [1.29, 1.82) is 0 Å². The van der Waals surface area contributed by atoms with Crippen LogP contribution in [0, 0.1) is 5.82 Å². The van der Waals surface area contributed by atoms with Crippen LogP contribution in [0.3, 0.4) is 0 Å². The number of rotatable bonds is 6. The molecule has 0 aliphatic carbocycles. The number of hydrogen-bond donors (Lipinski definition) is 1. The molecule has 1 N–H and O–H groups in total. The highest BCUT2D eigenvalue weighted by Crippen LogP contribution is 2.22. The molecule has 0 bridgehead atoms. The zero-order chi connectivity index (χ0) is 17.6. The number of carbonyl (C=O) groups excluding carboxylic acids is 1. The van der Waals surface area contributed by atoms with Gasteiger partial charge in [0, 0.05) is 40.8 Å². The van der Waals surface area contributed by atoms with Gasteiger partial charge in [0.2, 0.25) is 0 Å². The van der Waals surface area contributed by atoms with E-state index in [1.165, 1.54) is 18.2 Å². The van der Waals surface area contributed by atoms with Gasteiger partial charge in [0.05, 0.1) is 16.3 Å². The van der Waals surface area contributed by atoms with Crippen LogP contribution in [0.1, 0.15) is 21.8 Å². The van der Waals surface area contributed by atoms with Gasteiger partial charge in [-0.05, 0) is 52.7 Å². The van der Waals surface area contributed by atoms with Gasteiger partial charge in [-0.1, -0.05) is 0 Å². The van der Waals surface area contributed by atoms with Gasteiger partial charge in [-0.3, -0.25) is 9.78 Å². The van der Waals surface area contributed by atoms with Gasteiger partial charge in [0.15, 0.2) is 0 Å². The van der Waals surface area contributed by atoms with Crippen LogP contribution in [0.15, 0.2) is 52.6 Å². The summed E-state index contributed by atoms with van der Waals surface area (Å²) in [4.78, 5) is 20.7. The lowest BCUT2D eigenvalue weighted by atomic mass is 10.2. The average molecular weight is 420 g/mol. The maximum absolute atomic E-state index is 13.2. The molecular formula is C18H15BrFN3OS. The zero-order valence-electron chi connectivity index (χ0n) is 13.2. The van der Waals surface area contributed by atoms with E-state index in [-0.39, 0.29) is 5.91 Å². The van der Waals surface area contributed by atoms with Gasteiger partial charge in [-0.15, -0.1) is 11.3 Å². The van der Waals surface area contributed by atoms with Gasteiger partial charge >= 0.3 is 0 Å². The fourth-order valence-electron chi connectivity index (χ4n) is 2.29. The summed E-state index contributed by atoms with van der Waals surface area (Å²) in [6.45, 7) is 0.506. The summed E-state index contributed by atoms with van der Waals surface area (Å²) in [5, 5.41) is 5.85. The number of aryl methyl sites for hydroxylation is 1. The molecule has 1 amide bonds. The number of thiazole rings is 1. The molecule has 0 spiro atoms. The Bertz CT molecular complexity index is 870. The molecule has 1 aromatic carbocycles. The van der Waals surface area contributed by atoms with Crippen molar-refractivity contribution >= 4 is 33.2 Å². The summed E-state index contributed by atoms with van der Waals surface area (Å²) in [6, 6.07) is 7.91. The highest BCUT2D eigenvalue weighted by atomic mass is 79.9. The zero-order valence-corrected chi connectivity index (χ0v) is 15.6.